The summed E-state index contributed by atoms with van der Waals surface area (Å²) in [7, 11) is 1.86. The van der Waals surface area contributed by atoms with Gasteiger partial charge in [0.1, 0.15) is 11.4 Å². The predicted molar refractivity (Wildman–Crippen MR) is 146 cm³/mol. The van der Waals surface area contributed by atoms with Gasteiger partial charge in [0.15, 0.2) is 5.82 Å². The maximum absolute atomic E-state index is 12.5. The van der Waals surface area contributed by atoms with Crippen LogP contribution in [0.4, 0.5) is 4.79 Å². The Morgan fingerprint density at radius 3 is 2.46 bits per heavy atom. The Morgan fingerprint density at radius 1 is 1.15 bits per heavy atom. The monoisotopic (exact) mass is 533 g/mol. The number of ether oxygens (including phenoxy) is 2. The summed E-state index contributed by atoms with van der Waals surface area (Å²) < 4.78 is 12.9. The van der Waals surface area contributed by atoms with Gasteiger partial charge in [-0.2, -0.15) is 0 Å². The van der Waals surface area contributed by atoms with Crippen LogP contribution in [0.1, 0.15) is 54.9 Å². The van der Waals surface area contributed by atoms with Gasteiger partial charge < -0.3 is 29.8 Å². The van der Waals surface area contributed by atoms with Crippen LogP contribution >= 0.6 is 0 Å². The number of aromatic carboxylic acids is 1. The van der Waals surface area contributed by atoms with E-state index in [4.69, 9.17) is 20.2 Å². The molecule has 1 saturated heterocycles. The van der Waals surface area contributed by atoms with Gasteiger partial charge in [-0.15, -0.1) is 0 Å². The van der Waals surface area contributed by atoms with Gasteiger partial charge in [-0.25, -0.2) is 19.6 Å². The van der Waals surface area contributed by atoms with Crippen LogP contribution < -0.4 is 10.5 Å². The number of nitrogens with zero attached hydrogens (tertiary/aromatic N) is 4. The van der Waals surface area contributed by atoms with E-state index in [0.29, 0.717) is 37.4 Å². The van der Waals surface area contributed by atoms with Crippen molar-refractivity contribution in [3.8, 4) is 28.5 Å². The minimum absolute atomic E-state index is 0.278. The summed E-state index contributed by atoms with van der Waals surface area (Å²) in [5.41, 5.74) is 10.3. The van der Waals surface area contributed by atoms with E-state index >= 15 is 0 Å². The minimum Gasteiger partial charge on any atom is -0.494 e. The molecule has 1 aliphatic carbocycles. The molecular formula is C29H35N5O5. The van der Waals surface area contributed by atoms with Crippen LogP contribution in [0.2, 0.25) is 0 Å². The van der Waals surface area contributed by atoms with E-state index in [1.54, 1.807) is 4.90 Å². The molecule has 39 heavy (non-hydrogen) atoms. The molecule has 3 N–H and O–H groups in total. The largest absolute Gasteiger partial charge is 0.494 e. The number of carboxylic acid groups (broad SMARTS) is 1. The first kappa shape index (κ1) is 26.7. The van der Waals surface area contributed by atoms with Crippen molar-refractivity contribution in [2.24, 2.45) is 12.8 Å². The summed E-state index contributed by atoms with van der Waals surface area (Å²) in [4.78, 5) is 36.0. The molecule has 10 heteroatoms. The van der Waals surface area contributed by atoms with Crippen molar-refractivity contribution in [3.63, 3.8) is 0 Å². The molecule has 1 fully saturated rings. The number of carbonyl (C=O) groups is 2. The number of nitrogens with two attached hydrogens (primary N) is 1. The van der Waals surface area contributed by atoms with Crippen molar-refractivity contribution in [1.29, 1.82) is 0 Å². The van der Waals surface area contributed by atoms with E-state index in [1.165, 1.54) is 0 Å². The number of carboxylic acids is 1. The maximum atomic E-state index is 12.5. The van der Waals surface area contributed by atoms with E-state index < -0.39 is 23.2 Å². The normalized spacial score (nSPS) is 15.7. The molecule has 5 rings (SSSR count). The molecule has 1 aromatic carbocycles. The zero-order chi connectivity index (χ0) is 28.1. The first-order valence-electron chi connectivity index (χ1n) is 13.2. The van der Waals surface area contributed by atoms with Gasteiger partial charge in [0.05, 0.1) is 29.1 Å². The zero-order valence-corrected chi connectivity index (χ0v) is 23.1. The van der Waals surface area contributed by atoms with Crippen molar-refractivity contribution < 1.29 is 24.2 Å². The van der Waals surface area contributed by atoms with Crippen molar-refractivity contribution in [2.45, 2.75) is 58.1 Å². The second-order valence-corrected chi connectivity index (χ2v) is 11.4. The number of likely N-dealkylation sites (tertiary alicyclic amines) is 1. The lowest BCUT2D eigenvalue weighted by atomic mass is 9.84. The molecule has 0 unspecified atom stereocenters. The summed E-state index contributed by atoms with van der Waals surface area (Å²) >= 11 is 0. The van der Waals surface area contributed by atoms with E-state index in [1.807, 2.05) is 69.8 Å². The van der Waals surface area contributed by atoms with Crippen molar-refractivity contribution in [3.05, 3.63) is 52.8 Å². The molecular weight excluding hydrogens is 498 g/mol. The van der Waals surface area contributed by atoms with Gasteiger partial charge in [0.25, 0.3) is 0 Å². The lowest BCUT2D eigenvalue weighted by Crippen LogP contribution is -2.70. The Labute approximate surface area is 227 Å². The molecule has 0 saturated carbocycles. The number of benzene rings is 1. The second kappa shape index (κ2) is 9.68. The van der Waals surface area contributed by atoms with Crippen molar-refractivity contribution in [1.82, 2.24) is 19.4 Å². The highest BCUT2D eigenvalue weighted by Gasteiger charge is 2.45. The minimum atomic E-state index is -0.988. The molecule has 10 nitrogen and oxygen atoms in total. The molecule has 0 bridgehead atoms. The third kappa shape index (κ3) is 5.08. The fraction of sp³-hybridized carbons (Fsp3) is 0.448. The molecule has 1 aliphatic heterocycles. The summed E-state index contributed by atoms with van der Waals surface area (Å²) in [6.45, 7) is 8.55. The summed E-state index contributed by atoms with van der Waals surface area (Å²) in [6.07, 6.45) is 2.95. The number of aryl methyl sites for hydroxylation is 1. The number of amides is 1. The summed E-state index contributed by atoms with van der Waals surface area (Å²) in [5.74, 6) is 0.348. The smallest absolute Gasteiger partial charge is 0.410 e. The van der Waals surface area contributed by atoms with Crippen LogP contribution in [0.25, 0.3) is 22.8 Å². The van der Waals surface area contributed by atoms with Crippen LogP contribution in [-0.4, -0.2) is 67.4 Å². The first-order valence-corrected chi connectivity index (χ1v) is 13.2. The number of rotatable bonds is 6. The standard InChI is InChI=1S/C29H35N5O5/c1-6-38-19-10-7-17(8-11-19)25-31-14-18-9-12-20-22(26(35)36)21(33(5)24(20)23(18)32-25)13-29(30)15-34(16-29)27(37)39-28(2,3)4/h7-8,10-11,14H,6,9,12-13,15-16,30H2,1-5H3,(H,35,36). The van der Waals surface area contributed by atoms with Crippen LogP contribution in [0.15, 0.2) is 30.5 Å². The average Bonchev–Trinajstić information content (AvgIpc) is 3.13. The highest BCUT2D eigenvalue weighted by atomic mass is 16.6. The van der Waals surface area contributed by atoms with Crippen LogP contribution in [0, 0.1) is 0 Å². The summed E-state index contributed by atoms with van der Waals surface area (Å²) in [5, 5.41) is 10.3. The number of aromatic nitrogens is 3. The fourth-order valence-corrected chi connectivity index (χ4v) is 5.48. The van der Waals surface area contributed by atoms with Gasteiger partial charge in [-0.05, 0) is 75.9 Å². The van der Waals surface area contributed by atoms with Crippen LogP contribution in [-0.2, 0) is 31.0 Å². The van der Waals surface area contributed by atoms with Crippen LogP contribution in [0.3, 0.4) is 0 Å². The molecule has 2 aromatic heterocycles. The van der Waals surface area contributed by atoms with E-state index in [0.717, 1.165) is 33.8 Å². The fourth-order valence-electron chi connectivity index (χ4n) is 5.48. The topological polar surface area (TPSA) is 133 Å². The number of fused-ring (bicyclic) bond motifs is 3. The number of hydrogen-bond acceptors (Lipinski definition) is 7. The highest BCUT2D eigenvalue weighted by Crippen LogP contribution is 2.39. The first-order chi connectivity index (χ1) is 18.4. The zero-order valence-electron chi connectivity index (χ0n) is 23.1. The van der Waals surface area contributed by atoms with E-state index in [2.05, 4.69) is 4.98 Å². The number of hydrogen-bond donors (Lipinski definition) is 2. The summed E-state index contributed by atoms with van der Waals surface area (Å²) in [6, 6.07) is 7.60. The van der Waals surface area contributed by atoms with E-state index in [9.17, 15) is 14.7 Å². The van der Waals surface area contributed by atoms with Crippen molar-refractivity contribution in [2.75, 3.05) is 19.7 Å². The highest BCUT2D eigenvalue weighted by molar-refractivity contribution is 5.94. The van der Waals surface area contributed by atoms with Crippen LogP contribution in [0.5, 0.6) is 5.75 Å². The average molecular weight is 534 g/mol. The SMILES string of the molecule is CCOc1ccc(-c2ncc3c(n2)-c2c(c(C(=O)O)c(CC4(N)CN(C(=O)OC(C)(C)C)C4)n2C)CC3)cc1. The molecule has 0 radical (unpaired) electrons. The van der Waals surface area contributed by atoms with Gasteiger partial charge >= 0.3 is 12.1 Å². The lowest BCUT2D eigenvalue weighted by molar-refractivity contribution is -0.00824. The van der Waals surface area contributed by atoms with Crippen molar-refractivity contribution >= 4 is 12.1 Å². The second-order valence-electron chi connectivity index (χ2n) is 11.4. The molecule has 3 heterocycles. The van der Waals surface area contributed by atoms with Gasteiger partial charge in [-0.1, -0.05) is 0 Å². The molecule has 206 valence electrons. The Kier molecular flexibility index (Phi) is 6.62. The Balaban J connectivity index is 1.47. The molecule has 0 atom stereocenters. The third-order valence-electron chi connectivity index (χ3n) is 7.17. The third-order valence-corrected chi connectivity index (χ3v) is 7.17. The molecule has 3 aromatic rings. The molecule has 2 aliphatic rings. The molecule has 1 amide bonds. The van der Waals surface area contributed by atoms with Gasteiger partial charge in [0.2, 0.25) is 0 Å². The van der Waals surface area contributed by atoms with E-state index in [-0.39, 0.29) is 18.7 Å². The maximum Gasteiger partial charge on any atom is 0.410 e. The predicted octanol–water partition coefficient (Wildman–Crippen LogP) is 3.84. The Bertz CT molecular complexity index is 1430. The quantitative estimate of drug-likeness (QED) is 0.488. The number of carbonyl (C=O) groups excluding carboxylic acids is 1. The Hall–Kier alpha value is -3.92. The van der Waals surface area contributed by atoms with Gasteiger partial charge in [-0.3, -0.25) is 0 Å². The lowest BCUT2D eigenvalue weighted by Gasteiger charge is -2.47. The van der Waals surface area contributed by atoms with Gasteiger partial charge in [0, 0.05) is 44.0 Å². The Morgan fingerprint density at radius 2 is 1.85 bits per heavy atom. The molecule has 0 spiro atoms.